The number of hydrogen-bond acceptors (Lipinski definition) is 3. The minimum absolute atomic E-state index is 0.0440. The van der Waals surface area contributed by atoms with Crippen LogP contribution in [0.2, 0.25) is 0 Å². The van der Waals surface area contributed by atoms with Gasteiger partial charge in [0.1, 0.15) is 0 Å². The van der Waals surface area contributed by atoms with Crippen LogP contribution in [0.15, 0.2) is 24.3 Å². The fourth-order valence-electron chi connectivity index (χ4n) is 2.25. The molecule has 0 unspecified atom stereocenters. The van der Waals surface area contributed by atoms with Crippen molar-refractivity contribution in [3.05, 3.63) is 24.3 Å². The lowest BCUT2D eigenvalue weighted by molar-refractivity contribution is -0.123. The molecule has 0 aliphatic rings. The van der Waals surface area contributed by atoms with Gasteiger partial charge in [0.05, 0.1) is 0 Å². The number of hydrogen-bond donors (Lipinski definition) is 2. The van der Waals surface area contributed by atoms with Crippen molar-refractivity contribution in [1.29, 1.82) is 0 Å². The third-order valence-electron chi connectivity index (χ3n) is 3.47. The van der Waals surface area contributed by atoms with Gasteiger partial charge in [-0.15, -0.1) is 0 Å². The van der Waals surface area contributed by atoms with Gasteiger partial charge in [-0.25, -0.2) is 0 Å². The van der Waals surface area contributed by atoms with Crippen molar-refractivity contribution < 1.29 is 14.6 Å². The predicted molar refractivity (Wildman–Crippen MR) is 79.8 cm³/mol. The zero-order valence-corrected chi connectivity index (χ0v) is 12.7. The summed E-state index contributed by atoms with van der Waals surface area (Å²) < 4.78 is 5.29. The van der Waals surface area contributed by atoms with Crippen molar-refractivity contribution in [2.24, 2.45) is 17.8 Å². The highest BCUT2D eigenvalue weighted by atomic mass is 16.5. The highest BCUT2D eigenvalue weighted by Gasteiger charge is 2.18. The Hall–Kier alpha value is -1.71. The van der Waals surface area contributed by atoms with Crippen LogP contribution in [-0.4, -0.2) is 24.2 Å². The molecule has 0 aromatic heterocycles. The molecular weight excluding hydrogens is 254 g/mol. The second-order valence-electron chi connectivity index (χ2n) is 5.71. The Kier molecular flexibility index (Phi) is 6.36. The first-order valence-electron chi connectivity index (χ1n) is 7.09. The molecular formula is C16H25NO3. The van der Waals surface area contributed by atoms with E-state index in [4.69, 9.17) is 4.74 Å². The fourth-order valence-corrected chi connectivity index (χ4v) is 2.25. The molecule has 0 aliphatic carbocycles. The lowest BCUT2D eigenvalue weighted by Gasteiger charge is -2.25. The Bertz CT molecular complexity index is 421. The van der Waals surface area contributed by atoms with E-state index in [0.29, 0.717) is 30.0 Å². The van der Waals surface area contributed by atoms with E-state index in [0.717, 1.165) is 0 Å². The summed E-state index contributed by atoms with van der Waals surface area (Å²) in [4.78, 5) is 11.8. The maximum atomic E-state index is 11.8. The van der Waals surface area contributed by atoms with Crippen LogP contribution in [0.1, 0.15) is 27.7 Å². The first-order chi connectivity index (χ1) is 9.41. The van der Waals surface area contributed by atoms with Gasteiger partial charge in [-0.2, -0.15) is 0 Å². The van der Waals surface area contributed by atoms with Gasteiger partial charge in [-0.1, -0.05) is 39.8 Å². The quantitative estimate of drug-likeness (QED) is 0.807. The third-order valence-corrected chi connectivity index (χ3v) is 3.47. The number of carbonyl (C=O) groups excluding carboxylic acids is 1. The van der Waals surface area contributed by atoms with E-state index in [1.54, 1.807) is 18.2 Å². The molecule has 4 heteroatoms. The first kappa shape index (κ1) is 16.3. The Balaban J connectivity index is 2.39. The van der Waals surface area contributed by atoms with Crippen LogP contribution >= 0.6 is 0 Å². The van der Waals surface area contributed by atoms with Crippen LogP contribution in [0.4, 0.5) is 0 Å². The Morgan fingerprint density at radius 3 is 2.35 bits per heavy atom. The summed E-state index contributed by atoms with van der Waals surface area (Å²) in [6.45, 7) is 9.22. The average Bonchev–Trinajstić information content (AvgIpc) is 2.37. The summed E-state index contributed by atoms with van der Waals surface area (Å²) in [5, 5.41) is 12.4. The van der Waals surface area contributed by atoms with E-state index in [1.807, 2.05) is 0 Å². The van der Waals surface area contributed by atoms with Crippen molar-refractivity contribution in [1.82, 2.24) is 5.32 Å². The van der Waals surface area contributed by atoms with E-state index in [1.165, 1.54) is 6.07 Å². The van der Waals surface area contributed by atoms with Gasteiger partial charge in [0.2, 0.25) is 0 Å². The van der Waals surface area contributed by atoms with Gasteiger partial charge >= 0.3 is 0 Å². The zero-order valence-electron chi connectivity index (χ0n) is 12.7. The van der Waals surface area contributed by atoms with E-state index in [9.17, 15) is 9.90 Å². The summed E-state index contributed by atoms with van der Waals surface area (Å²) >= 11 is 0. The van der Waals surface area contributed by atoms with Crippen LogP contribution in [0.5, 0.6) is 11.5 Å². The first-order valence-corrected chi connectivity index (χ1v) is 7.09. The number of rotatable bonds is 7. The summed E-state index contributed by atoms with van der Waals surface area (Å²) in [5.74, 6) is 1.70. The van der Waals surface area contributed by atoms with Crippen molar-refractivity contribution in [3.8, 4) is 11.5 Å². The molecule has 0 radical (unpaired) electrons. The monoisotopic (exact) mass is 279 g/mol. The highest BCUT2D eigenvalue weighted by Crippen LogP contribution is 2.24. The molecule has 0 spiro atoms. The van der Waals surface area contributed by atoms with Crippen molar-refractivity contribution in [2.75, 3.05) is 13.2 Å². The highest BCUT2D eigenvalue weighted by molar-refractivity contribution is 5.77. The minimum Gasteiger partial charge on any atom is -0.504 e. The van der Waals surface area contributed by atoms with Crippen molar-refractivity contribution in [3.63, 3.8) is 0 Å². The number of ether oxygens (including phenoxy) is 1. The van der Waals surface area contributed by atoms with Gasteiger partial charge in [-0.05, 0) is 29.9 Å². The predicted octanol–water partition coefficient (Wildman–Crippen LogP) is 2.82. The third kappa shape index (κ3) is 5.11. The average molecular weight is 279 g/mol. The number of aromatic hydroxyl groups is 1. The number of nitrogens with one attached hydrogen (secondary N) is 1. The molecule has 4 nitrogen and oxygen atoms in total. The normalized spacial score (nSPS) is 11.2. The molecule has 1 aromatic rings. The lowest BCUT2D eigenvalue weighted by Crippen LogP contribution is -2.36. The number of phenolic OH excluding ortho intramolecular Hbond substituents is 1. The van der Waals surface area contributed by atoms with Gasteiger partial charge in [0, 0.05) is 6.54 Å². The fraction of sp³-hybridized carbons (Fsp3) is 0.562. The molecule has 0 heterocycles. The number of carbonyl (C=O) groups is 1. The number of amides is 1. The second-order valence-corrected chi connectivity index (χ2v) is 5.71. The Morgan fingerprint density at radius 2 is 1.80 bits per heavy atom. The van der Waals surface area contributed by atoms with E-state index in [2.05, 4.69) is 33.0 Å². The molecule has 1 rings (SSSR count). The molecule has 112 valence electrons. The van der Waals surface area contributed by atoms with E-state index < -0.39 is 0 Å². The van der Waals surface area contributed by atoms with Crippen molar-refractivity contribution in [2.45, 2.75) is 27.7 Å². The van der Waals surface area contributed by atoms with Crippen LogP contribution < -0.4 is 10.1 Å². The summed E-state index contributed by atoms with van der Waals surface area (Å²) in [6.07, 6.45) is 0. The largest absolute Gasteiger partial charge is 0.504 e. The van der Waals surface area contributed by atoms with E-state index >= 15 is 0 Å². The second kappa shape index (κ2) is 7.78. The standard InChI is InChI=1S/C16H25NO3/c1-11(2)13(12(3)4)9-17-16(19)10-20-15-8-6-5-7-14(15)18/h5-8,11-13,18H,9-10H2,1-4H3,(H,17,19). The Labute approximate surface area is 121 Å². The molecule has 0 aliphatic heterocycles. The number of benzene rings is 1. The Morgan fingerprint density at radius 1 is 1.20 bits per heavy atom. The maximum absolute atomic E-state index is 11.8. The van der Waals surface area contributed by atoms with Crippen LogP contribution in [0.3, 0.4) is 0 Å². The molecule has 0 saturated carbocycles. The maximum Gasteiger partial charge on any atom is 0.257 e. The molecule has 20 heavy (non-hydrogen) atoms. The molecule has 0 bridgehead atoms. The lowest BCUT2D eigenvalue weighted by atomic mass is 9.85. The number of phenols is 1. The smallest absolute Gasteiger partial charge is 0.257 e. The summed E-state index contributed by atoms with van der Waals surface area (Å²) in [5.41, 5.74) is 0. The van der Waals surface area contributed by atoms with Crippen LogP contribution in [0, 0.1) is 17.8 Å². The molecule has 0 saturated heterocycles. The van der Waals surface area contributed by atoms with Gasteiger partial charge in [0.25, 0.3) is 5.91 Å². The molecule has 2 N–H and O–H groups in total. The SMILES string of the molecule is CC(C)C(CNC(=O)COc1ccccc1O)C(C)C. The van der Waals surface area contributed by atoms with E-state index in [-0.39, 0.29) is 18.3 Å². The number of para-hydroxylation sites is 2. The van der Waals surface area contributed by atoms with Crippen LogP contribution in [-0.2, 0) is 4.79 Å². The van der Waals surface area contributed by atoms with Gasteiger partial charge < -0.3 is 15.2 Å². The topological polar surface area (TPSA) is 58.6 Å². The van der Waals surface area contributed by atoms with Gasteiger partial charge in [-0.3, -0.25) is 4.79 Å². The molecule has 1 aromatic carbocycles. The summed E-state index contributed by atoms with van der Waals surface area (Å²) in [6, 6.07) is 6.62. The van der Waals surface area contributed by atoms with Gasteiger partial charge in [0.15, 0.2) is 18.1 Å². The molecule has 0 atom stereocenters. The molecule has 0 fully saturated rings. The summed E-state index contributed by atoms with van der Waals surface area (Å²) in [7, 11) is 0. The zero-order chi connectivity index (χ0) is 15.1. The molecule has 1 amide bonds. The van der Waals surface area contributed by atoms with Crippen LogP contribution in [0.25, 0.3) is 0 Å². The minimum atomic E-state index is -0.167. The van der Waals surface area contributed by atoms with Crippen molar-refractivity contribution >= 4 is 5.91 Å².